The second-order valence-electron chi connectivity index (χ2n) is 5.80. The minimum absolute atomic E-state index is 0.0236. The Labute approximate surface area is 151 Å². The number of likely N-dealkylation sites (tertiary alicyclic amines) is 1. The summed E-state index contributed by atoms with van der Waals surface area (Å²) in [6, 6.07) is 5.81. The third-order valence-corrected chi connectivity index (χ3v) is 4.75. The van der Waals surface area contributed by atoms with Crippen LogP contribution in [0, 0.1) is 5.82 Å². The van der Waals surface area contributed by atoms with Gasteiger partial charge in [0.05, 0.1) is 11.4 Å². The van der Waals surface area contributed by atoms with Crippen molar-refractivity contribution in [2.45, 2.75) is 24.2 Å². The molecule has 0 spiro atoms. The number of hydrogen-bond acceptors (Lipinski definition) is 4. The molecule has 1 amide bonds. The van der Waals surface area contributed by atoms with Crippen molar-refractivity contribution in [3.05, 3.63) is 41.8 Å². The lowest BCUT2D eigenvalue weighted by atomic mass is 10.1. The zero-order valence-electron chi connectivity index (χ0n) is 13.6. The van der Waals surface area contributed by atoms with Gasteiger partial charge < -0.3 is 4.90 Å². The summed E-state index contributed by atoms with van der Waals surface area (Å²) in [4.78, 5) is 21.4. The molecule has 9 heteroatoms. The van der Waals surface area contributed by atoms with E-state index < -0.39 is 17.7 Å². The van der Waals surface area contributed by atoms with E-state index in [1.165, 1.54) is 12.1 Å². The molecule has 1 saturated heterocycles. The third kappa shape index (κ3) is 4.51. The van der Waals surface area contributed by atoms with Gasteiger partial charge in [-0.2, -0.15) is 13.2 Å². The molecule has 0 N–H and O–H groups in total. The van der Waals surface area contributed by atoms with Gasteiger partial charge in [-0.05, 0) is 43.2 Å². The van der Waals surface area contributed by atoms with Crippen molar-refractivity contribution in [3.63, 3.8) is 0 Å². The van der Waals surface area contributed by atoms with Crippen LogP contribution in [0.5, 0.6) is 0 Å². The maximum Gasteiger partial charge on any atom is 0.433 e. The van der Waals surface area contributed by atoms with Crippen LogP contribution in [0.25, 0.3) is 11.3 Å². The van der Waals surface area contributed by atoms with Gasteiger partial charge in [0.15, 0.2) is 5.16 Å². The summed E-state index contributed by atoms with van der Waals surface area (Å²) < 4.78 is 52.5. The Kier molecular flexibility index (Phi) is 5.45. The third-order valence-electron chi connectivity index (χ3n) is 3.92. The molecule has 1 aliphatic heterocycles. The van der Waals surface area contributed by atoms with Gasteiger partial charge in [-0.25, -0.2) is 14.4 Å². The number of nitrogens with zero attached hydrogens (tertiary/aromatic N) is 3. The van der Waals surface area contributed by atoms with Crippen LogP contribution in [0.2, 0.25) is 0 Å². The van der Waals surface area contributed by atoms with Crippen LogP contribution in [-0.4, -0.2) is 39.6 Å². The van der Waals surface area contributed by atoms with Crippen LogP contribution in [0.3, 0.4) is 0 Å². The molecular weight excluding hydrogens is 370 g/mol. The number of benzene rings is 1. The highest BCUT2D eigenvalue weighted by atomic mass is 32.2. The zero-order valence-corrected chi connectivity index (χ0v) is 14.4. The molecule has 0 aliphatic carbocycles. The predicted molar refractivity (Wildman–Crippen MR) is 89.0 cm³/mol. The number of amides is 1. The van der Waals surface area contributed by atoms with E-state index in [4.69, 9.17) is 0 Å². The minimum Gasteiger partial charge on any atom is -0.342 e. The molecule has 4 nitrogen and oxygen atoms in total. The van der Waals surface area contributed by atoms with E-state index in [0.29, 0.717) is 18.7 Å². The van der Waals surface area contributed by atoms with E-state index >= 15 is 0 Å². The Morgan fingerprint density at radius 3 is 2.38 bits per heavy atom. The maximum absolute atomic E-state index is 13.1. The van der Waals surface area contributed by atoms with Crippen molar-refractivity contribution < 1.29 is 22.4 Å². The van der Waals surface area contributed by atoms with Gasteiger partial charge in [0, 0.05) is 18.7 Å². The van der Waals surface area contributed by atoms with Crippen molar-refractivity contribution in [1.29, 1.82) is 0 Å². The molecule has 138 valence electrons. The highest BCUT2D eigenvalue weighted by Gasteiger charge is 2.34. The largest absolute Gasteiger partial charge is 0.433 e. The van der Waals surface area contributed by atoms with E-state index in [9.17, 15) is 22.4 Å². The first-order valence-corrected chi connectivity index (χ1v) is 8.94. The number of aromatic nitrogens is 2. The van der Waals surface area contributed by atoms with Crippen LogP contribution >= 0.6 is 11.8 Å². The van der Waals surface area contributed by atoms with Gasteiger partial charge in [-0.1, -0.05) is 11.8 Å². The van der Waals surface area contributed by atoms with Crippen molar-refractivity contribution in [2.24, 2.45) is 0 Å². The van der Waals surface area contributed by atoms with Crippen molar-refractivity contribution in [1.82, 2.24) is 14.9 Å². The normalized spacial score (nSPS) is 14.7. The maximum atomic E-state index is 13.1. The summed E-state index contributed by atoms with van der Waals surface area (Å²) in [6.07, 6.45) is -2.78. The molecule has 1 aromatic carbocycles. The molecule has 0 radical (unpaired) electrons. The number of hydrogen-bond donors (Lipinski definition) is 0. The van der Waals surface area contributed by atoms with Gasteiger partial charge in [0.25, 0.3) is 0 Å². The first-order valence-electron chi connectivity index (χ1n) is 7.96. The molecule has 1 aliphatic rings. The van der Waals surface area contributed by atoms with E-state index in [-0.39, 0.29) is 22.5 Å². The van der Waals surface area contributed by atoms with Crippen LogP contribution < -0.4 is 0 Å². The lowest BCUT2D eigenvalue weighted by Gasteiger charge is -2.15. The van der Waals surface area contributed by atoms with E-state index in [2.05, 4.69) is 9.97 Å². The molecule has 0 saturated carbocycles. The van der Waals surface area contributed by atoms with Crippen molar-refractivity contribution >= 4 is 17.7 Å². The fourth-order valence-corrected chi connectivity index (χ4v) is 3.35. The molecule has 26 heavy (non-hydrogen) atoms. The average molecular weight is 385 g/mol. The lowest BCUT2D eigenvalue weighted by molar-refractivity contribution is -0.141. The molecule has 2 heterocycles. The first-order chi connectivity index (χ1) is 12.3. The Balaban J connectivity index is 1.85. The second kappa shape index (κ2) is 7.61. The highest BCUT2D eigenvalue weighted by Crippen LogP contribution is 2.32. The first kappa shape index (κ1) is 18.6. The number of alkyl halides is 3. The van der Waals surface area contributed by atoms with Gasteiger partial charge in [-0.15, -0.1) is 0 Å². The van der Waals surface area contributed by atoms with Crippen molar-refractivity contribution in [3.8, 4) is 11.3 Å². The monoisotopic (exact) mass is 385 g/mol. The van der Waals surface area contributed by atoms with Gasteiger partial charge in [0.1, 0.15) is 11.5 Å². The van der Waals surface area contributed by atoms with Crippen molar-refractivity contribution in [2.75, 3.05) is 18.8 Å². The van der Waals surface area contributed by atoms with Gasteiger partial charge in [-0.3, -0.25) is 4.79 Å². The number of carbonyl (C=O) groups excluding carboxylic acids is 1. The molecule has 0 unspecified atom stereocenters. The SMILES string of the molecule is O=C(CSc1nc(-c2ccc(F)cc2)cc(C(F)(F)F)n1)N1CCCC1. The second-order valence-corrected chi connectivity index (χ2v) is 6.74. The Morgan fingerprint density at radius 1 is 1.12 bits per heavy atom. The Hall–Kier alpha value is -2.16. The fraction of sp³-hybridized carbons (Fsp3) is 0.353. The summed E-state index contributed by atoms with van der Waals surface area (Å²) in [5.74, 6) is -0.661. The number of carbonyl (C=O) groups is 1. The molecular formula is C17H15F4N3OS. The fourth-order valence-electron chi connectivity index (χ4n) is 2.59. The minimum atomic E-state index is -4.65. The van der Waals surface area contributed by atoms with Crippen LogP contribution in [0.4, 0.5) is 17.6 Å². The summed E-state index contributed by atoms with van der Waals surface area (Å²) in [5.41, 5.74) is -0.724. The van der Waals surface area contributed by atoms with Crippen LogP contribution in [-0.2, 0) is 11.0 Å². The summed E-state index contributed by atoms with van der Waals surface area (Å²) in [5, 5.41) is -0.133. The highest BCUT2D eigenvalue weighted by molar-refractivity contribution is 7.99. The summed E-state index contributed by atoms with van der Waals surface area (Å²) in [7, 11) is 0. The van der Waals surface area contributed by atoms with E-state index in [1.807, 2.05) is 0 Å². The molecule has 1 aromatic heterocycles. The van der Waals surface area contributed by atoms with E-state index in [0.717, 1.165) is 42.8 Å². The van der Waals surface area contributed by atoms with Gasteiger partial charge in [0.2, 0.25) is 5.91 Å². The molecule has 0 bridgehead atoms. The van der Waals surface area contributed by atoms with E-state index in [1.54, 1.807) is 4.90 Å². The predicted octanol–water partition coefficient (Wildman–Crippen LogP) is 4.02. The standard InChI is InChI=1S/C17H15F4N3OS/c18-12-5-3-11(4-6-12)13-9-14(17(19,20)21)23-16(22-13)26-10-15(25)24-7-1-2-8-24/h3-6,9H,1-2,7-8,10H2. The zero-order chi connectivity index (χ0) is 18.7. The lowest BCUT2D eigenvalue weighted by Crippen LogP contribution is -2.29. The van der Waals surface area contributed by atoms with Gasteiger partial charge >= 0.3 is 6.18 Å². The Bertz CT molecular complexity index is 790. The topological polar surface area (TPSA) is 46.1 Å². The summed E-state index contributed by atoms with van der Waals surface area (Å²) >= 11 is 0.870. The Morgan fingerprint density at radius 2 is 1.77 bits per heavy atom. The summed E-state index contributed by atoms with van der Waals surface area (Å²) in [6.45, 7) is 1.34. The smallest absolute Gasteiger partial charge is 0.342 e. The molecule has 1 fully saturated rings. The van der Waals surface area contributed by atoms with Crippen LogP contribution in [0.1, 0.15) is 18.5 Å². The molecule has 3 rings (SSSR count). The molecule has 0 atom stereocenters. The molecule has 2 aromatic rings. The number of thioether (sulfide) groups is 1. The van der Waals surface area contributed by atoms with Crippen LogP contribution in [0.15, 0.2) is 35.5 Å². The number of rotatable bonds is 4. The number of halogens is 4. The quantitative estimate of drug-likeness (QED) is 0.453. The average Bonchev–Trinajstić information content (AvgIpc) is 3.14.